The Bertz CT molecular complexity index is 837. The van der Waals surface area contributed by atoms with Crippen LogP contribution in [0.5, 0.6) is 0 Å². The van der Waals surface area contributed by atoms with Crippen LogP contribution in [0.2, 0.25) is 0 Å². The Hall–Kier alpha value is -2.81. The molecular formula is C15H10F2N4O2S. The van der Waals surface area contributed by atoms with Gasteiger partial charge >= 0.3 is 0 Å². The second kappa shape index (κ2) is 7.18. The van der Waals surface area contributed by atoms with Gasteiger partial charge in [-0.05, 0) is 24.3 Å². The van der Waals surface area contributed by atoms with Gasteiger partial charge in [-0.1, -0.05) is 17.8 Å². The van der Waals surface area contributed by atoms with Gasteiger partial charge in [0.25, 0.3) is 5.22 Å². The Balaban J connectivity index is 1.60. The fourth-order valence-electron chi connectivity index (χ4n) is 1.79. The Kier molecular flexibility index (Phi) is 4.80. The van der Waals surface area contributed by atoms with E-state index in [0.29, 0.717) is 5.56 Å². The van der Waals surface area contributed by atoms with Crippen molar-refractivity contribution in [3.05, 3.63) is 54.4 Å². The highest BCUT2D eigenvalue weighted by molar-refractivity contribution is 7.99. The zero-order chi connectivity index (χ0) is 16.9. The van der Waals surface area contributed by atoms with Gasteiger partial charge in [0.1, 0.15) is 17.3 Å². The van der Waals surface area contributed by atoms with Crippen molar-refractivity contribution in [1.82, 2.24) is 15.2 Å². The van der Waals surface area contributed by atoms with Crippen LogP contribution in [0.4, 0.5) is 14.5 Å². The number of amides is 1. The first-order valence-corrected chi connectivity index (χ1v) is 7.72. The lowest BCUT2D eigenvalue weighted by Gasteiger charge is -2.06. The van der Waals surface area contributed by atoms with Gasteiger partial charge in [-0.25, -0.2) is 8.78 Å². The molecule has 0 aliphatic heterocycles. The Morgan fingerprint density at radius 3 is 2.67 bits per heavy atom. The highest BCUT2D eigenvalue weighted by Crippen LogP contribution is 2.23. The van der Waals surface area contributed by atoms with E-state index in [2.05, 4.69) is 20.5 Å². The molecule has 9 heteroatoms. The van der Waals surface area contributed by atoms with E-state index < -0.39 is 23.2 Å². The van der Waals surface area contributed by atoms with Crippen LogP contribution in [0.15, 0.2) is 52.4 Å². The number of anilines is 1. The fraction of sp³-hybridized carbons (Fsp3) is 0.0667. The summed E-state index contributed by atoms with van der Waals surface area (Å²) in [6.07, 6.45) is 3.18. The second-order valence-corrected chi connectivity index (χ2v) is 5.47. The molecule has 2 heterocycles. The molecular weight excluding hydrogens is 338 g/mol. The number of nitrogens with one attached hydrogen (secondary N) is 1. The summed E-state index contributed by atoms with van der Waals surface area (Å²) in [5.41, 5.74) is 0.166. The molecule has 0 aliphatic carbocycles. The zero-order valence-electron chi connectivity index (χ0n) is 12.1. The van der Waals surface area contributed by atoms with Crippen molar-refractivity contribution in [1.29, 1.82) is 0 Å². The van der Waals surface area contributed by atoms with Crippen LogP contribution in [0.25, 0.3) is 11.5 Å². The highest BCUT2D eigenvalue weighted by atomic mass is 32.2. The molecule has 0 atom stereocenters. The number of halogens is 2. The normalized spacial score (nSPS) is 10.6. The van der Waals surface area contributed by atoms with Crippen LogP contribution >= 0.6 is 11.8 Å². The number of thioether (sulfide) groups is 1. The molecule has 0 fully saturated rings. The molecule has 0 saturated heterocycles. The maximum absolute atomic E-state index is 13.5. The van der Waals surface area contributed by atoms with Crippen molar-refractivity contribution in [3.63, 3.8) is 0 Å². The minimum absolute atomic E-state index is 0.136. The average Bonchev–Trinajstić information content (AvgIpc) is 3.06. The van der Waals surface area contributed by atoms with E-state index in [0.717, 1.165) is 23.9 Å². The summed E-state index contributed by atoms with van der Waals surface area (Å²) in [6.45, 7) is 0. The first-order valence-electron chi connectivity index (χ1n) is 6.74. The van der Waals surface area contributed by atoms with Gasteiger partial charge in [-0.3, -0.25) is 9.78 Å². The molecule has 122 valence electrons. The molecule has 24 heavy (non-hydrogen) atoms. The van der Waals surface area contributed by atoms with Gasteiger partial charge in [0.15, 0.2) is 0 Å². The first kappa shape index (κ1) is 16.1. The lowest BCUT2D eigenvalue weighted by Crippen LogP contribution is -2.16. The summed E-state index contributed by atoms with van der Waals surface area (Å²) in [4.78, 5) is 15.7. The minimum atomic E-state index is -0.843. The Morgan fingerprint density at radius 2 is 1.96 bits per heavy atom. The number of benzene rings is 1. The third-order valence-electron chi connectivity index (χ3n) is 2.87. The van der Waals surface area contributed by atoms with E-state index in [1.807, 2.05) is 0 Å². The molecule has 0 aliphatic rings. The molecule has 0 bridgehead atoms. The van der Waals surface area contributed by atoms with E-state index in [4.69, 9.17) is 4.42 Å². The standard InChI is InChI=1S/C15H10F2N4O2S/c16-10-4-1-5-11(17)13(10)19-12(22)8-24-15-21-20-14(23-15)9-3-2-6-18-7-9/h1-7H,8H2,(H,19,22). The molecule has 1 amide bonds. The molecule has 3 rings (SSSR count). The van der Waals surface area contributed by atoms with E-state index in [9.17, 15) is 13.6 Å². The second-order valence-electron chi connectivity index (χ2n) is 4.55. The minimum Gasteiger partial charge on any atom is -0.411 e. The number of hydrogen-bond donors (Lipinski definition) is 1. The maximum atomic E-state index is 13.5. The maximum Gasteiger partial charge on any atom is 0.277 e. The zero-order valence-corrected chi connectivity index (χ0v) is 12.9. The Labute approximate surface area is 139 Å². The van der Waals surface area contributed by atoms with Crippen LogP contribution in [-0.2, 0) is 4.79 Å². The predicted molar refractivity (Wildman–Crippen MR) is 83.2 cm³/mol. The quantitative estimate of drug-likeness (QED) is 0.714. The topological polar surface area (TPSA) is 80.9 Å². The monoisotopic (exact) mass is 348 g/mol. The summed E-state index contributed by atoms with van der Waals surface area (Å²) in [7, 11) is 0. The van der Waals surface area contributed by atoms with Crippen LogP contribution in [-0.4, -0.2) is 26.8 Å². The molecule has 1 N–H and O–H groups in total. The summed E-state index contributed by atoms with van der Waals surface area (Å²) < 4.78 is 32.3. The van der Waals surface area contributed by atoms with Gasteiger partial charge in [-0.15, -0.1) is 10.2 Å². The third-order valence-corrected chi connectivity index (χ3v) is 3.69. The van der Waals surface area contributed by atoms with Gasteiger partial charge in [-0.2, -0.15) is 0 Å². The molecule has 0 radical (unpaired) electrons. The van der Waals surface area contributed by atoms with Crippen molar-refractivity contribution in [2.45, 2.75) is 5.22 Å². The third kappa shape index (κ3) is 3.74. The van der Waals surface area contributed by atoms with Crippen LogP contribution in [0.3, 0.4) is 0 Å². The number of nitrogens with zero attached hydrogens (tertiary/aromatic N) is 3. The van der Waals surface area contributed by atoms with Crippen molar-refractivity contribution in [2.24, 2.45) is 0 Å². The summed E-state index contributed by atoms with van der Waals surface area (Å²) >= 11 is 0.957. The fourth-order valence-corrected chi connectivity index (χ4v) is 2.36. The number of carbonyl (C=O) groups excluding carboxylic acids is 1. The van der Waals surface area contributed by atoms with Crippen molar-refractivity contribution >= 4 is 23.4 Å². The lowest BCUT2D eigenvalue weighted by molar-refractivity contribution is -0.113. The molecule has 2 aromatic heterocycles. The van der Waals surface area contributed by atoms with Crippen LogP contribution < -0.4 is 5.32 Å². The van der Waals surface area contributed by atoms with E-state index in [1.54, 1.807) is 24.5 Å². The number of para-hydroxylation sites is 1. The van der Waals surface area contributed by atoms with Gasteiger partial charge in [0.2, 0.25) is 11.8 Å². The predicted octanol–water partition coefficient (Wildman–Crippen LogP) is 3.14. The molecule has 0 spiro atoms. The molecule has 1 aromatic carbocycles. The summed E-state index contributed by atoms with van der Waals surface area (Å²) in [5.74, 6) is -2.14. The lowest BCUT2D eigenvalue weighted by atomic mass is 10.3. The number of hydrogen-bond acceptors (Lipinski definition) is 6. The van der Waals surface area contributed by atoms with Crippen molar-refractivity contribution < 1.29 is 18.0 Å². The van der Waals surface area contributed by atoms with Gasteiger partial charge in [0.05, 0.1) is 11.3 Å². The first-order chi connectivity index (χ1) is 11.6. The average molecular weight is 348 g/mol. The molecule has 6 nitrogen and oxygen atoms in total. The van der Waals surface area contributed by atoms with E-state index in [1.165, 1.54) is 6.07 Å². The van der Waals surface area contributed by atoms with E-state index >= 15 is 0 Å². The number of pyridine rings is 1. The highest BCUT2D eigenvalue weighted by Gasteiger charge is 2.14. The number of rotatable bonds is 5. The summed E-state index contributed by atoms with van der Waals surface area (Å²) in [6, 6.07) is 6.81. The Morgan fingerprint density at radius 1 is 1.17 bits per heavy atom. The van der Waals surface area contributed by atoms with Crippen LogP contribution in [0.1, 0.15) is 0 Å². The van der Waals surface area contributed by atoms with E-state index in [-0.39, 0.29) is 16.9 Å². The number of carbonyl (C=O) groups is 1. The van der Waals surface area contributed by atoms with Gasteiger partial charge < -0.3 is 9.73 Å². The molecule has 3 aromatic rings. The van der Waals surface area contributed by atoms with Crippen LogP contribution in [0, 0.1) is 11.6 Å². The smallest absolute Gasteiger partial charge is 0.277 e. The van der Waals surface area contributed by atoms with Crippen molar-refractivity contribution in [3.8, 4) is 11.5 Å². The molecule has 0 unspecified atom stereocenters. The SMILES string of the molecule is O=C(CSc1nnc(-c2cccnc2)o1)Nc1c(F)cccc1F. The molecule has 0 saturated carbocycles. The number of aromatic nitrogens is 3. The summed E-state index contributed by atoms with van der Waals surface area (Å²) in [5, 5.41) is 9.99. The van der Waals surface area contributed by atoms with Gasteiger partial charge in [0, 0.05) is 12.4 Å². The van der Waals surface area contributed by atoms with Crippen molar-refractivity contribution in [2.75, 3.05) is 11.1 Å². The largest absolute Gasteiger partial charge is 0.411 e.